The molecule has 0 spiro atoms. The monoisotopic (exact) mass is 570 g/mol. The van der Waals surface area contributed by atoms with E-state index < -0.39 is 42.4 Å². The lowest BCUT2D eigenvalue weighted by atomic mass is 10.1. The van der Waals surface area contributed by atoms with Gasteiger partial charge in [-0.15, -0.1) is 0 Å². The lowest BCUT2D eigenvalue weighted by molar-refractivity contribution is -0.166. The van der Waals surface area contributed by atoms with Gasteiger partial charge in [0.2, 0.25) is 17.7 Å². The number of carbonyl (C=O) groups excluding carboxylic acids is 4. The summed E-state index contributed by atoms with van der Waals surface area (Å²) in [5, 5.41) is 2.66. The molecule has 0 unspecified atom stereocenters. The number of ether oxygens (including phenoxy) is 5. The Morgan fingerprint density at radius 2 is 1.66 bits per heavy atom. The summed E-state index contributed by atoms with van der Waals surface area (Å²) in [7, 11) is 0. The molecule has 0 aliphatic carbocycles. The molecule has 1 aliphatic rings. The van der Waals surface area contributed by atoms with Crippen LogP contribution in [0, 0.1) is 5.92 Å². The second kappa shape index (κ2) is 12.7. The summed E-state index contributed by atoms with van der Waals surface area (Å²) in [5.41, 5.74) is 1.29. The van der Waals surface area contributed by atoms with Gasteiger partial charge in [0.1, 0.15) is 19.3 Å². The second-order valence-electron chi connectivity index (χ2n) is 9.61. The van der Waals surface area contributed by atoms with Gasteiger partial charge in [-0.25, -0.2) is 4.98 Å². The SMILES string of the molecule is CC(=O)OC[C@H]1O[C@@H](n2cnc3c(OCc4ccccc4)nc([15NH]C(=O)C(C)C)nc32)[C@H](OC(C)=O)[C@@H]1OC(C)=O. The van der Waals surface area contributed by atoms with Crippen LogP contribution in [-0.2, 0) is 44.7 Å². The Balaban J connectivity index is 1.77. The molecule has 218 valence electrons. The first-order valence-corrected chi connectivity index (χ1v) is 12.9. The van der Waals surface area contributed by atoms with Crippen LogP contribution in [0.3, 0.4) is 0 Å². The molecule has 41 heavy (non-hydrogen) atoms. The van der Waals surface area contributed by atoms with E-state index in [1.165, 1.54) is 31.7 Å². The third-order valence-corrected chi connectivity index (χ3v) is 5.98. The molecule has 4 rings (SSSR count). The van der Waals surface area contributed by atoms with Gasteiger partial charge in [0, 0.05) is 26.7 Å². The number of carbonyl (C=O) groups is 4. The van der Waals surface area contributed by atoms with Gasteiger partial charge in [-0.1, -0.05) is 44.2 Å². The lowest BCUT2D eigenvalue weighted by Gasteiger charge is -2.23. The van der Waals surface area contributed by atoms with Gasteiger partial charge in [-0.05, 0) is 5.56 Å². The van der Waals surface area contributed by atoms with Gasteiger partial charge in [0.05, 0.1) is 6.33 Å². The van der Waals surface area contributed by atoms with Crippen molar-refractivity contribution >= 4 is 40.9 Å². The van der Waals surface area contributed by atoms with Crippen molar-refractivity contribution in [2.45, 2.75) is 65.8 Å². The summed E-state index contributed by atoms with van der Waals surface area (Å²) < 4.78 is 29.6. The highest BCUT2D eigenvalue weighted by atomic mass is 16.7. The molecule has 0 radical (unpaired) electrons. The number of hydrogen-bond donors (Lipinski definition) is 1. The van der Waals surface area contributed by atoms with Crippen molar-refractivity contribution in [1.29, 1.82) is 0 Å². The zero-order valence-corrected chi connectivity index (χ0v) is 23.2. The molecule has 3 aromatic rings. The molecule has 14 nitrogen and oxygen atoms in total. The summed E-state index contributed by atoms with van der Waals surface area (Å²) in [6.07, 6.45) is -2.99. The summed E-state index contributed by atoms with van der Waals surface area (Å²) in [6, 6.07) is 9.39. The van der Waals surface area contributed by atoms with Crippen LogP contribution in [0.4, 0.5) is 5.95 Å². The van der Waals surface area contributed by atoms with E-state index in [1.807, 2.05) is 30.3 Å². The number of esters is 3. The fourth-order valence-electron chi connectivity index (χ4n) is 4.13. The quantitative estimate of drug-likeness (QED) is 0.215. The van der Waals surface area contributed by atoms with Crippen LogP contribution < -0.4 is 10.1 Å². The zero-order chi connectivity index (χ0) is 29.7. The van der Waals surface area contributed by atoms with Gasteiger partial charge in [-0.3, -0.25) is 29.1 Å². The van der Waals surface area contributed by atoms with Crippen LogP contribution in [-0.4, -0.2) is 68.3 Å². The largest absolute Gasteiger partial charge is 0.471 e. The highest BCUT2D eigenvalue weighted by Crippen LogP contribution is 2.37. The van der Waals surface area contributed by atoms with Gasteiger partial charge in [0.25, 0.3) is 0 Å². The molecule has 3 heterocycles. The molecule has 1 amide bonds. The molecule has 1 N–H and O–H groups in total. The molecule has 14 heteroatoms. The standard InChI is InChI=1S/C27H31N5O9/c1-14(2)24(36)30-27-29-23-20(25(31-27)38-11-18-9-7-6-8-10-18)28-13-32(23)26-22(40-17(5)35)21(39-16(4)34)19(41-26)12-37-15(3)33/h6-10,13-14,19,21-22,26H,11-12H2,1-5H3,(H,29,30,31,36)/t19-,21-,22-,26-/m1/s1/i30+1. The van der Waals surface area contributed by atoms with Gasteiger partial charge in [-0.2, -0.15) is 9.97 Å². The van der Waals surface area contributed by atoms with E-state index in [2.05, 4.69) is 20.3 Å². The predicted octanol–water partition coefficient (Wildman–Crippen LogP) is 2.32. The van der Waals surface area contributed by atoms with Crippen LogP contribution in [0.25, 0.3) is 11.2 Å². The third kappa shape index (κ3) is 7.14. The second-order valence-corrected chi connectivity index (χ2v) is 9.61. The molecule has 1 aromatic carbocycles. The minimum Gasteiger partial charge on any atom is -0.471 e. The number of rotatable bonds is 10. The Morgan fingerprint density at radius 1 is 0.976 bits per heavy atom. The van der Waals surface area contributed by atoms with Crippen molar-refractivity contribution < 1.29 is 42.9 Å². The third-order valence-electron chi connectivity index (χ3n) is 5.98. The molecule has 1 aliphatic heterocycles. The first kappa shape index (κ1) is 29.4. The summed E-state index contributed by atoms with van der Waals surface area (Å²) in [5.74, 6) is -2.53. The van der Waals surface area contributed by atoms with Crippen LogP contribution >= 0.6 is 0 Å². The van der Waals surface area contributed by atoms with Crippen molar-refractivity contribution in [2.75, 3.05) is 11.9 Å². The fraction of sp³-hybridized carbons (Fsp3) is 0.444. The topological polar surface area (TPSA) is 170 Å². The number of nitrogens with zero attached hydrogens (tertiary/aromatic N) is 4. The van der Waals surface area contributed by atoms with Crippen LogP contribution in [0.1, 0.15) is 46.4 Å². The average molecular weight is 571 g/mol. The number of fused-ring (bicyclic) bond motifs is 1. The zero-order valence-electron chi connectivity index (χ0n) is 23.2. The Hall–Kier alpha value is -4.59. The van der Waals surface area contributed by atoms with Crippen LogP contribution in [0.2, 0.25) is 0 Å². The van der Waals surface area contributed by atoms with Crippen LogP contribution in [0.5, 0.6) is 5.88 Å². The Bertz CT molecular complexity index is 1430. The fourth-order valence-corrected chi connectivity index (χ4v) is 4.13. The van der Waals surface area contributed by atoms with E-state index >= 15 is 0 Å². The van der Waals surface area contributed by atoms with Crippen molar-refractivity contribution in [3.63, 3.8) is 0 Å². The molecule has 0 saturated carbocycles. The Morgan fingerprint density at radius 3 is 2.29 bits per heavy atom. The average Bonchev–Trinajstić information content (AvgIpc) is 3.47. The van der Waals surface area contributed by atoms with Crippen molar-refractivity contribution in [1.82, 2.24) is 19.5 Å². The molecule has 1 fully saturated rings. The minimum atomic E-state index is -1.16. The Labute approximate surface area is 235 Å². The number of nitrogens with one attached hydrogen (secondary N) is 1. The minimum absolute atomic E-state index is 0.0453. The highest BCUT2D eigenvalue weighted by molar-refractivity contribution is 5.91. The number of aromatic nitrogens is 4. The van der Waals surface area contributed by atoms with E-state index in [1.54, 1.807) is 13.8 Å². The smallest absolute Gasteiger partial charge is 0.303 e. The summed E-state index contributed by atoms with van der Waals surface area (Å²) >= 11 is 0. The maximum atomic E-state index is 12.5. The van der Waals surface area contributed by atoms with Gasteiger partial charge < -0.3 is 23.7 Å². The lowest BCUT2D eigenvalue weighted by Crippen LogP contribution is -2.40. The number of hydrogen-bond acceptors (Lipinski definition) is 12. The van der Waals surface area contributed by atoms with E-state index in [0.29, 0.717) is 0 Å². The first-order valence-electron chi connectivity index (χ1n) is 12.9. The Kier molecular flexibility index (Phi) is 9.12. The maximum Gasteiger partial charge on any atom is 0.303 e. The van der Waals surface area contributed by atoms with Crippen molar-refractivity contribution in [3.05, 3.63) is 42.2 Å². The van der Waals surface area contributed by atoms with E-state index in [4.69, 9.17) is 23.7 Å². The highest BCUT2D eigenvalue weighted by Gasteiger charge is 2.51. The van der Waals surface area contributed by atoms with Gasteiger partial charge >= 0.3 is 17.9 Å². The molecular formula is C27H31N5O9. The molecule has 0 bridgehead atoms. The van der Waals surface area contributed by atoms with Crippen LogP contribution in [0.15, 0.2) is 36.7 Å². The van der Waals surface area contributed by atoms with Gasteiger partial charge in [0.15, 0.2) is 29.6 Å². The van der Waals surface area contributed by atoms with Crippen molar-refractivity contribution in [3.8, 4) is 5.88 Å². The molecule has 4 atom stereocenters. The summed E-state index contributed by atoms with van der Waals surface area (Å²) in [4.78, 5) is 61.3. The number of imidazole rings is 1. The number of anilines is 1. The number of benzene rings is 1. The number of amides is 1. The predicted molar refractivity (Wildman–Crippen MR) is 141 cm³/mol. The van der Waals surface area contributed by atoms with E-state index in [0.717, 1.165) is 5.56 Å². The van der Waals surface area contributed by atoms with E-state index in [-0.39, 0.29) is 48.0 Å². The first-order chi connectivity index (χ1) is 19.5. The summed E-state index contributed by atoms with van der Waals surface area (Å²) in [6.45, 7) is 6.95. The molecule has 2 aromatic heterocycles. The maximum absolute atomic E-state index is 12.5. The molecule has 1 saturated heterocycles. The van der Waals surface area contributed by atoms with Crippen molar-refractivity contribution in [2.24, 2.45) is 5.92 Å². The molecular weight excluding hydrogens is 539 g/mol. The van der Waals surface area contributed by atoms with E-state index in [9.17, 15) is 19.2 Å². The normalized spacial score (nSPS) is 20.0.